The van der Waals surface area contributed by atoms with E-state index in [0.29, 0.717) is 35.5 Å². The van der Waals surface area contributed by atoms with E-state index in [0.717, 1.165) is 6.54 Å². The molecule has 158 valence electrons. The minimum Gasteiger partial charge on any atom is -0.467 e. The zero-order valence-corrected chi connectivity index (χ0v) is 17.1. The summed E-state index contributed by atoms with van der Waals surface area (Å²) in [6, 6.07) is 3.12. The molecule has 2 amide bonds. The minimum atomic E-state index is -0.636. The van der Waals surface area contributed by atoms with Gasteiger partial charge in [-0.25, -0.2) is 9.59 Å². The molecule has 1 unspecified atom stereocenters. The highest BCUT2D eigenvalue weighted by atomic mass is 16.5. The Kier molecular flexibility index (Phi) is 6.23. The lowest BCUT2D eigenvalue weighted by atomic mass is 9.88. The summed E-state index contributed by atoms with van der Waals surface area (Å²) < 4.78 is 10.9. The van der Waals surface area contributed by atoms with E-state index in [-0.39, 0.29) is 12.6 Å². The first-order valence-electron chi connectivity index (χ1n) is 10.9. The van der Waals surface area contributed by atoms with Crippen molar-refractivity contribution in [3.63, 3.8) is 0 Å². The number of hydrogen-bond acceptors (Lipinski definition) is 5. The van der Waals surface area contributed by atoms with E-state index in [9.17, 15) is 9.59 Å². The Hall–Kier alpha value is -2.28. The van der Waals surface area contributed by atoms with Crippen LogP contribution in [0.1, 0.15) is 63.7 Å². The summed E-state index contributed by atoms with van der Waals surface area (Å²) in [4.78, 5) is 27.7. The van der Waals surface area contributed by atoms with Crippen LogP contribution in [-0.4, -0.2) is 42.6 Å². The van der Waals surface area contributed by atoms with Crippen molar-refractivity contribution in [3.05, 3.63) is 35.4 Å². The molecular weight excluding hydrogens is 370 g/mol. The molecule has 0 aromatic carbocycles. The van der Waals surface area contributed by atoms with Crippen LogP contribution >= 0.6 is 0 Å². The molecule has 7 nitrogen and oxygen atoms in total. The van der Waals surface area contributed by atoms with Gasteiger partial charge in [0.25, 0.3) is 0 Å². The number of nitrogens with one attached hydrogen (secondary N) is 2. The maximum absolute atomic E-state index is 12.8. The molecule has 7 heteroatoms. The lowest BCUT2D eigenvalue weighted by Gasteiger charge is -2.33. The Morgan fingerprint density at radius 1 is 1.24 bits per heavy atom. The third-order valence-corrected chi connectivity index (χ3v) is 6.12. The Bertz CT molecular complexity index is 748. The smallest absolute Gasteiger partial charge is 0.338 e. The second-order valence-electron chi connectivity index (χ2n) is 8.32. The molecule has 4 rings (SSSR count). The van der Waals surface area contributed by atoms with E-state index in [1.54, 1.807) is 25.3 Å². The van der Waals surface area contributed by atoms with Crippen LogP contribution in [0.5, 0.6) is 0 Å². The van der Waals surface area contributed by atoms with Crippen molar-refractivity contribution in [2.75, 3.05) is 19.7 Å². The van der Waals surface area contributed by atoms with Crippen LogP contribution in [0, 0.1) is 5.92 Å². The van der Waals surface area contributed by atoms with Gasteiger partial charge >= 0.3 is 12.0 Å². The maximum Gasteiger partial charge on any atom is 0.338 e. The van der Waals surface area contributed by atoms with Crippen molar-refractivity contribution in [2.45, 2.75) is 64.0 Å². The van der Waals surface area contributed by atoms with Crippen LogP contribution in [0.3, 0.4) is 0 Å². The summed E-state index contributed by atoms with van der Waals surface area (Å²) in [5.74, 6) is 0.824. The van der Waals surface area contributed by atoms with Gasteiger partial charge in [0.2, 0.25) is 0 Å². The van der Waals surface area contributed by atoms with Gasteiger partial charge in [-0.1, -0.05) is 19.3 Å². The van der Waals surface area contributed by atoms with Crippen LogP contribution in [0.2, 0.25) is 0 Å². The predicted molar refractivity (Wildman–Crippen MR) is 108 cm³/mol. The Morgan fingerprint density at radius 2 is 2.03 bits per heavy atom. The fraction of sp³-hybridized carbons (Fsp3) is 0.636. The summed E-state index contributed by atoms with van der Waals surface area (Å²) in [6.07, 6.45) is 10.4. The lowest BCUT2D eigenvalue weighted by Crippen LogP contribution is -2.49. The number of rotatable bonds is 8. The molecule has 0 radical (unpaired) electrons. The number of amides is 2. The predicted octanol–water partition coefficient (Wildman–Crippen LogP) is 3.50. The monoisotopic (exact) mass is 401 g/mol. The van der Waals surface area contributed by atoms with Crippen molar-refractivity contribution in [1.29, 1.82) is 0 Å². The van der Waals surface area contributed by atoms with Gasteiger partial charge in [0, 0.05) is 24.8 Å². The van der Waals surface area contributed by atoms with Gasteiger partial charge in [-0.3, -0.25) is 4.90 Å². The zero-order valence-electron chi connectivity index (χ0n) is 17.1. The Morgan fingerprint density at radius 3 is 2.69 bits per heavy atom. The maximum atomic E-state index is 12.8. The second-order valence-corrected chi connectivity index (χ2v) is 8.32. The molecule has 0 saturated heterocycles. The summed E-state index contributed by atoms with van der Waals surface area (Å²) in [6.45, 7) is 3.65. The van der Waals surface area contributed by atoms with E-state index in [1.165, 1.54) is 44.9 Å². The molecule has 0 bridgehead atoms. The largest absolute Gasteiger partial charge is 0.467 e. The molecule has 3 aliphatic rings. The van der Waals surface area contributed by atoms with Crippen molar-refractivity contribution in [2.24, 2.45) is 5.92 Å². The molecule has 2 N–H and O–H groups in total. The van der Waals surface area contributed by atoms with Crippen LogP contribution in [0.25, 0.3) is 0 Å². The standard InChI is InChI=1S/C22H31N3O4/c1-2-28-21(26)19-17(23-22(27)24-20(19)18-9-6-12-29-18)14-25(16-10-11-16)13-15-7-4-3-5-8-15/h6,9,12,15-16,20H,2-5,7-8,10-11,13-14H2,1H3,(H2,23,24,27). The number of hydrogen-bond donors (Lipinski definition) is 2. The fourth-order valence-electron chi connectivity index (χ4n) is 4.55. The van der Waals surface area contributed by atoms with E-state index in [1.807, 2.05) is 0 Å². The van der Waals surface area contributed by atoms with Gasteiger partial charge in [0.1, 0.15) is 11.8 Å². The number of nitrogens with zero attached hydrogens (tertiary/aromatic N) is 1. The van der Waals surface area contributed by atoms with E-state index < -0.39 is 12.0 Å². The third-order valence-electron chi connectivity index (χ3n) is 6.12. The summed E-state index contributed by atoms with van der Waals surface area (Å²) in [5.41, 5.74) is 1.08. The minimum absolute atomic E-state index is 0.281. The number of furan rings is 1. The van der Waals surface area contributed by atoms with Gasteiger partial charge in [-0.2, -0.15) is 0 Å². The lowest BCUT2D eigenvalue weighted by molar-refractivity contribution is -0.139. The molecule has 0 spiro atoms. The summed E-state index contributed by atoms with van der Waals surface area (Å²) in [7, 11) is 0. The van der Waals surface area contributed by atoms with Gasteiger partial charge in [-0.05, 0) is 50.7 Å². The summed E-state index contributed by atoms with van der Waals surface area (Å²) >= 11 is 0. The van der Waals surface area contributed by atoms with Crippen LogP contribution < -0.4 is 10.6 Å². The molecule has 1 aromatic rings. The zero-order chi connectivity index (χ0) is 20.2. The third kappa shape index (κ3) is 4.83. The van der Waals surface area contributed by atoms with Gasteiger partial charge in [0.05, 0.1) is 18.4 Å². The number of carbonyl (C=O) groups excluding carboxylic acids is 2. The normalized spacial score (nSPS) is 23.1. The second kappa shape index (κ2) is 9.03. The average Bonchev–Trinajstić information content (AvgIpc) is 3.42. The molecule has 1 atom stereocenters. The molecular formula is C22H31N3O4. The van der Waals surface area contributed by atoms with Crippen molar-refractivity contribution in [3.8, 4) is 0 Å². The number of carbonyl (C=O) groups is 2. The SMILES string of the molecule is CCOC(=O)C1=C(CN(CC2CCCCC2)C2CC2)NC(=O)NC1c1ccco1. The number of esters is 1. The molecule has 2 heterocycles. The number of urea groups is 1. The van der Waals surface area contributed by atoms with Crippen LogP contribution in [0.15, 0.2) is 34.1 Å². The van der Waals surface area contributed by atoms with Crippen LogP contribution in [-0.2, 0) is 9.53 Å². The van der Waals surface area contributed by atoms with E-state index in [4.69, 9.17) is 9.15 Å². The van der Waals surface area contributed by atoms with E-state index >= 15 is 0 Å². The molecule has 1 aliphatic heterocycles. The quantitative estimate of drug-likeness (QED) is 0.652. The molecule has 2 aliphatic carbocycles. The van der Waals surface area contributed by atoms with E-state index in [2.05, 4.69) is 15.5 Å². The summed E-state index contributed by atoms with van der Waals surface area (Å²) in [5, 5.41) is 5.71. The highest BCUT2D eigenvalue weighted by Gasteiger charge is 2.38. The van der Waals surface area contributed by atoms with Crippen LogP contribution in [0.4, 0.5) is 4.79 Å². The first kappa shape index (κ1) is 20.0. The van der Waals surface area contributed by atoms with Gasteiger partial charge in [-0.15, -0.1) is 0 Å². The topological polar surface area (TPSA) is 83.8 Å². The number of ether oxygens (including phenoxy) is 1. The highest BCUT2D eigenvalue weighted by Crippen LogP contribution is 2.34. The molecule has 2 fully saturated rings. The first-order valence-corrected chi connectivity index (χ1v) is 10.9. The fourth-order valence-corrected chi connectivity index (χ4v) is 4.55. The van der Waals surface area contributed by atoms with Crippen molar-refractivity contribution < 1.29 is 18.7 Å². The van der Waals surface area contributed by atoms with Gasteiger partial charge < -0.3 is 19.8 Å². The van der Waals surface area contributed by atoms with Crippen molar-refractivity contribution in [1.82, 2.24) is 15.5 Å². The Labute approximate surface area is 171 Å². The molecule has 29 heavy (non-hydrogen) atoms. The molecule has 2 saturated carbocycles. The first-order chi connectivity index (χ1) is 14.2. The van der Waals surface area contributed by atoms with Crippen molar-refractivity contribution >= 4 is 12.0 Å². The van der Waals surface area contributed by atoms with Gasteiger partial charge in [0.15, 0.2) is 0 Å². The Balaban J connectivity index is 1.61. The highest BCUT2D eigenvalue weighted by molar-refractivity contribution is 5.95. The molecule has 1 aromatic heterocycles. The average molecular weight is 402 g/mol.